The van der Waals surface area contributed by atoms with Gasteiger partial charge in [0.25, 0.3) is 0 Å². The minimum Gasteiger partial charge on any atom is -0.444 e. The lowest BCUT2D eigenvalue weighted by Crippen LogP contribution is -2.36. The van der Waals surface area contributed by atoms with E-state index in [-0.39, 0.29) is 6.09 Å². The molecular formula is C18H21BrN4O2. The number of aromatic nitrogens is 3. The Morgan fingerprint density at radius 3 is 2.56 bits per heavy atom. The minimum atomic E-state index is -0.445. The third-order valence-corrected chi connectivity index (χ3v) is 5.21. The van der Waals surface area contributed by atoms with Crippen molar-refractivity contribution in [3.05, 3.63) is 40.8 Å². The summed E-state index contributed by atoms with van der Waals surface area (Å²) in [5, 5.41) is 4.69. The second-order valence-corrected chi connectivity index (χ2v) is 8.67. The van der Waals surface area contributed by atoms with Crippen molar-refractivity contribution in [2.24, 2.45) is 11.8 Å². The topological polar surface area (TPSA) is 60.2 Å². The fraction of sp³-hybridized carbons (Fsp3) is 0.500. The van der Waals surface area contributed by atoms with Crippen molar-refractivity contribution in [3.63, 3.8) is 0 Å². The maximum Gasteiger partial charge on any atom is 0.410 e. The van der Waals surface area contributed by atoms with Gasteiger partial charge in [-0.1, -0.05) is 0 Å². The highest BCUT2D eigenvalue weighted by molar-refractivity contribution is 9.10. The van der Waals surface area contributed by atoms with Crippen LogP contribution in [0.25, 0.3) is 5.82 Å². The fourth-order valence-corrected chi connectivity index (χ4v) is 3.82. The van der Waals surface area contributed by atoms with Gasteiger partial charge in [-0.2, -0.15) is 5.10 Å². The molecule has 0 radical (unpaired) electrons. The van der Waals surface area contributed by atoms with Crippen molar-refractivity contribution in [1.29, 1.82) is 0 Å². The van der Waals surface area contributed by atoms with Gasteiger partial charge in [-0.05, 0) is 66.7 Å². The number of hydrogen-bond acceptors (Lipinski definition) is 4. The van der Waals surface area contributed by atoms with Crippen LogP contribution in [0.15, 0.2) is 35.1 Å². The van der Waals surface area contributed by atoms with Crippen LogP contribution in [-0.2, 0) is 4.74 Å². The molecule has 2 fully saturated rings. The third kappa shape index (κ3) is 3.29. The van der Waals surface area contributed by atoms with Crippen molar-refractivity contribution < 1.29 is 9.53 Å². The van der Waals surface area contributed by atoms with Gasteiger partial charge in [0.2, 0.25) is 0 Å². The molecule has 2 aromatic rings. The van der Waals surface area contributed by atoms with E-state index in [2.05, 4.69) is 32.1 Å². The second kappa shape index (κ2) is 5.83. The highest BCUT2D eigenvalue weighted by Gasteiger charge is 2.58. The minimum absolute atomic E-state index is 0.206. The number of carbonyl (C=O) groups is 1. The lowest BCUT2D eigenvalue weighted by molar-refractivity contribution is 0.0270. The molecule has 4 rings (SSSR count). The number of fused-ring (bicyclic) bond motifs is 1. The lowest BCUT2D eigenvalue weighted by atomic mass is 10.2. The SMILES string of the molecule is CC(C)(C)OC(=O)N1C[C@@H]2[C@H](C1)[C@H]2c1ccn(-c2ccc(Br)cn2)n1. The van der Waals surface area contributed by atoms with E-state index in [0.717, 1.165) is 29.1 Å². The smallest absolute Gasteiger partial charge is 0.410 e. The molecule has 1 aliphatic heterocycles. The molecule has 3 heterocycles. The van der Waals surface area contributed by atoms with E-state index < -0.39 is 5.60 Å². The first kappa shape index (κ1) is 16.6. The highest BCUT2D eigenvalue weighted by atomic mass is 79.9. The van der Waals surface area contributed by atoms with E-state index >= 15 is 0 Å². The van der Waals surface area contributed by atoms with Crippen LogP contribution < -0.4 is 0 Å². The Labute approximate surface area is 155 Å². The number of ether oxygens (including phenoxy) is 1. The number of nitrogens with zero attached hydrogens (tertiary/aromatic N) is 4. The Kier molecular flexibility index (Phi) is 3.86. The van der Waals surface area contributed by atoms with Crippen LogP contribution in [0.1, 0.15) is 32.4 Å². The van der Waals surface area contributed by atoms with Crippen LogP contribution in [0, 0.1) is 11.8 Å². The van der Waals surface area contributed by atoms with Gasteiger partial charge in [0.15, 0.2) is 5.82 Å². The normalized spacial score (nSPS) is 25.0. The number of piperidine rings is 1. The zero-order valence-electron chi connectivity index (χ0n) is 14.5. The first-order valence-corrected chi connectivity index (χ1v) is 9.26. The molecule has 2 aliphatic rings. The largest absolute Gasteiger partial charge is 0.444 e. The first-order chi connectivity index (χ1) is 11.8. The standard InChI is InChI=1S/C18H21BrN4O2/c1-18(2,3)25-17(24)22-9-12-13(10-22)16(12)14-6-7-23(21-14)15-5-4-11(19)8-20-15/h4-8,12-13,16H,9-10H2,1-3H3/t12-,13+,16+. The zero-order valence-corrected chi connectivity index (χ0v) is 16.1. The summed E-state index contributed by atoms with van der Waals surface area (Å²) in [5.74, 6) is 2.23. The van der Waals surface area contributed by atoms with Gasteiger partial charge < -0.3 is 9.64 Å². The Hall–Kier alpha value is -1.89. The molecular weight excluding hydrogens is 384 g/mol. The summed E-state index contributed by atoms with van der Waals surface area (Å²) >= 11 is 3.39. The lowest BCUT2D eigenvalue weighted by Gasteiger charge is -2.25. The molecule has 0 bridgehead atoms. The molecule has 6 nitrogen and oxygen atoms in total. The molecule has 0 N–H and O–H groups in total. The first-order valence-electron chi connectivity index (χ1n) is 8.47. The van der Waals surface area contributed by atoms with Gasteiger partial charge >= 0.3 is 6.09 Å². The van der Waals surface area contributed by atoms with Crippen molar-refractivity contribution >= 4 is 22.0 Å². The van der Waals surface area contributed by atoms with Crippen LogP contribution >= 0.6 is 15.9 Å². The van der Waals surface area contributed by atoms with Gasteiger partial charge in [-0.15, -0.1) is 0 Å². The van der Waals surface area contributed by atoms with E-state index in [0.29, 0.717) is 17.8 Å². The predicted octanol–water partition coefficient (Wildman–Crippen LogP) is 3.61. The summed E-state index contributed by atoms with van der Waals surface area (Å²) in [6.07, 6.45) is 3.51. The van der Waals surface area contributed by atoms with Gasteiger partial charge in [0, 0.05) is 35.9 Å². The number of amides is 1. The van der Waals surface area contributed by atoms with Gasteiger partial charge in [-0.3, -0.25) is 0 Å². The number of rotatable bonds is 2. The summed E-state index contributed by atoms with van der Waals surface area (Å²) in [4.78, 5) is 18.3. The van der Waals surface area contributed by atoms with E-state index in [9.17, 15) is 4.79 Å². The predicted molar refractivity (Wildman–Crippen MR) is 96.6 cm³/mol. The van der Waals surface area contributed by atoms with E-state index in [4.69, 9.17) is 4.74 Å². The van der Waals surface area contributed by atoms with Crippen molar-refractivity contribution in [2.75, 3.05) is 13.1 Å². The maximum atomic E-state index is 12.2. The van der Waals surface area contributed by atoms with E-state index in [1.54, 1.807) is 10.9 Å². The van der Waals surface area contributed by atoms with Crippen LogP contribution in [0.2, 0.25) is 0 Å². The molecule has 0 spiro atoms. The molecule has 7 heteroatoms. The van der Waals surface area contributed by atoms with Gasteiger partial charge in [0.05, 0.1) is 5.69 Å². The third-order valence-electron chi connectivity index (χ3n) is 4.74. The molecule has 2 aromatic heterocycles. The van der Waals surface area contributed by atoms with E-state index in [1.807, 2.05) is 44.0 Å². The molecule has 0 unspecified atom stereocenters. The second-order valence-electron chi connectivity index (χ2n) is 7.76. The Bertz CT molecular complexity index is 784. The number of pyridine rings is 1. The molecule has 1 aliphatic carbocycles. The van der Waals surface area contributed by atoms with Crippen LogP contribution in [0.4, 0.5) is 4.79 Å². The Morgan fingerprint density at radius 2 is 1.96 bits per heavy atom. The summed E-state index contributed by atoms with van der Waals surface area (Å²) in [5.41, 5.74) is 0.642. The number of likely N-dealkylation sites (tertiary alicyclic amines) is 1. The molecule has 25 heavy (non-hydrogen) atoms. The Balaban J connectivity index is 1.39. The van der Waals surface area contributed by atoms with Crippen molar-refractivity contribution in [1.82, 2.24) is 19.7 Å². The molecule has 1 saturated carbocycles. The van der Waals surface area contributed by atoms with Crippen LogP contribution in [0.5, 0.6) is 0 Å². The van der Waals surface area contributed by atoms with Gasteiger partial charge in [-0.25, -0.2) is 14.5 Å². The molecule has 1 saturated heterocycles. The quantitative estimate of drug-likeness (QED) is 0.766. The zero-order chi connectivity index (χ0) is 17.8. The van der Waals surface area contributed by atoms with E-state index in [1.165, 1.54) is 0 Å². The fourth-order valence-electron chi connectivity index (χ4n) is 3.59. The summed E-state index contributed by atoms with van der Waals surface area (Å²) in [6.45, 7) is 7.20. The summed E-state index contributed by atoms with van der Waals surface area (Å²) in [6, 6.07) is 5.94. The average molecular weight is 405 g/mol. The number of carbonyl (C=O) groups excluding carboxylic acids is 1. The van der Waals surface area contributed by atoms with Crippen molar-refractivity contribution in [2.45, 2.75) is 32.3 Å². The van der Waals surface area contributed by atoms with Gasteiger partial charge in [0.1, 0.15) is 5.60 Å². The molecule has 3 atom stereocenters. The molecule has 0 aromatic carbocycles. The molecule has 132 valence electrons. The van der Waals surface area contributed by atoms with Crippen molar-refractivity contribution in [3.8, 4) is 5.82 Å². The van der Waals surface area contributed by atoms with Crippen LogP contribution in [0.3, 0.4) is 0 Å². The number of hydrogen-bond donors (Lipinski definition) is 0. The summed E-state index contributed by atoms with van der Waals surface area (Å²) < 4.78 is 8.21. The maximum absolute atomic E-state index is 12.2. The molecule has 1 amide bonds. The Morgan fingerprint density at radius 1 is 1.24 bits per heavy atom. The monoisotopic (exact) mass is 404 g/mol. The van der Waals surface area contributed by atoms with Crippen LogP contribution in [-0.4, -0.2) is 44.4 Å². The summed E-state index contributed by atoms with van der Waals surface area (Å²) in [7, 11) is 0. The average Bonchev–Trinajstić information content (AvgIpc) is 2.94. The number of halogens is 1. The highest BCUT2D eigenvalue weighted by Crippen LogP contribution is 2.57.